The smallest absolute Gasteiger partial charge is 0.234 e. The molecule has 2 N–H and O–H groups in total. The Hall–Kier alpha value is -0.280. The largest absolute Gasteiger partial charge is 0.368 e. The first-order chi connectivity index (χ1) is 5.43. The Bertz CT molecular complexity index is 189. The van der Waals surface area contributed by atoms with E-state index in [0.717, 1.165) is 19.4 Å². The van der Waals surface area contributed by atoms with E-state index in [4.69, 9.17) is 5.73 Å². The van der Waals surface area contributed by atoms with E-state index in [-0.39, 0.29) is 29.9 Å². The van der Waals surface area contributed by atoms with Gasteiger partial charge in [-0.3, -0.25) is 9.69 Å². The van der Waals surface area contributed by atoms with Crippen LogP contribution >= 0.6 is 12.4 Å². The average molecular weight is 207 g/mol. The third-order valence-corrected chi connectivity index (χ3v) is 2.44. The number of halogens is 1. The minimum atomic E-state index is -0.178. The van der Waals surface area contributed by atoms with Gasteiger partial charge in [0, 0.05) is 5.54 Å². The number of carbonyl (C=O) groups excluding carboxylic acids is 1. The first kappa shape index (κ1) is 12.7. The number of rotatable bonds is 1. The van der Waals surface area contributed by atoms with Crippen molar-refractivity contribution in [2.45, 2.75) is 45.2 Å². The second kappa shape index (κ2) is 4.29. The SMILES string of the molecule is CC(C)(C)N1CCC[C@H]1C(N)=O.Cl. The number of primary amides is 1. The van der Waals surface area contributed by atoms with Crippen molar-refractivity contribution in [2.24, 2.45) is 5.73 Å². The highest BCUT2D eigenvalue weighted by atomic mass is 35.5. The minimum Gasteiger partial charge on any atom is -0.368 e. The van der Waals surface area contributed by atoms with Gasteiger partial charge >= 0.3 is 0 Å². The van der Waals surface area contributed by atoms with Crippen LogP contribution in [-0.4, -0.2) is 28.9 Å². The van der Waals surface area contributed by atoms with Crippen LogP contribution in [0, 0.1) is 0 Å². The van der Waals surface area contributed by atoms with Gasteiger partial charge in [-0.25, -0.2) is 0 Å². The average Bonchev–Trinajstić information content (AvgIpc) is 2.30. The monoisotopic (exact) mass is 206 g/mol. The molecule has 1 aliphatic rings. The summed E-state index contributed by atoms with van der Waals surface area (Å²) in [5.41, 5.74) is 5.37. The van der Waals surface area contributed by atoms with Crippen LogP contribution in [0.4, 0.5) is 0 Å². The van der Waals surface area contributed by atoms with Crippen LogP contribution in [0.3, 0.4) is 0 Å². The summed E-state index contributed by atoms with van der Waals surface area (Å²) in [7, 11) is 0. The first-order valence-electron chi connectivity index (χ1n) is 4.49. The summed E-state index contributed by atoms with van der Waals surface area (Å²) >= 11 is 0. The molecule has 1 atom stereocenters. The molecule has 0 aliphatic carbocycles. The molecule has 0 radical (unpaired) electrons. The quantitative estimate of drug-likeness (QED) is 0.700. The number of carbonyl (C=O) groups is 1. The van der Waals surface area contributed by atoms with Gasteiger partial charge in [0.25, 0.3) is 0 Å². The van der Waals surface area contributed by atoms with Crippen molar-refractivity contribution < 1.29 is 4.79 Å². The molecule has 1 aliphatic heterocycles. The van der Waals surface area contributed by atoms with Gasteiger partial charge in [0.1, 0.15) is 0 Å². The summed E-state index contributed by atoms with van der Waals surface area (Å²) in [5.74, 6) is -0.178. The van der Waals surface area contributed by atoms with E-state index < -0.39 is 0 Å². The molecule has 78 valence electrons. The first-order valence-corrected chi connectivity index (χ1v) is 4.49. The highest BCUT2D eigenvalue weighted by Gasteiger charge is 2.35. The fourth-order valence-electron chi connectivity index (χ4n) is 1.87. The van der Waals surface area contributed by atoms with Crippen molar-refractivity contribution in [2.75, 3.05) is 6.54 Å². The maximum atomic E-state index is 11.0. The van der Waals surface area contributed by atoms with Crippen molar-refractivity contribution in [3.63, 3.8) is 0 Å². The number of nitrogens with two attached hydrogens (primary N) is 1. The van der Waals surface area contributed by atoms with Gasteiger partial charge in [0.05, 0.1) is 6.04 Å². The fraction of sp³-hybridized carbons (Fsp3) is 0.889. The van der Waals surface area contributed by atoms with E-state index in [1.165, 1.54) is 0 Å². The normalized spacial score (nSPS) is 24.1. The zero-order valence-electron chi connectivity index (χ0n) is 8.54. The molecule has 0 bridgehead atoms. The molecule has 0 unspecified atom stereocenters. The zero-order chi connectivity index (χ0) is 9.35. The standard InChI is InChI=1S/C9H18N2O.ClH/c1-9(2,3)11-6-4-5-7(11)8(10)12;/h7H,4-6H2,1-3H3,(H2,10,12);1H/t7-;/m0./s1. The number of hydrogen-bond donors (Lipinski definition) is 1. The zero-order valence-corrected chi connectivity index (χ0v) is 9.36. The van der Waals surface area contributed by atoms with Crippen LogP contribution in [0.5, 0.6) is 0 Å². The van der Waals surface area contributed by atoms with Crippen molar-refractivity contribution >= 4 is 18.3 Å². The lowest BCUT2D eigenvalue weighted by Crippen LogP contribution is -2.49. The van der Waals surface area contributed by atoms with Crippen LogP contribution in [0.15, 0.2) is 0 Å². The topological polar surface area (TPSA) is 46.3 Å². The second-order valence-electron chi connectivity index (χ2n) is 4.42. The Labute approximate surface area is 86.1 Å². The van der Waals surface area contributed by atoms with Crippen molar-refractivity contribution in [3.05, 3.63) is 0 Å². The summed E-state index contributed by atoms with van der Waals surface area (Å²) in [6.07, 6.45) is 2.01. The third-order valence-electron chi connectivity index (χ3n) is 2.44. The number of hydrogen-bond acceptors (Lipinski definition) is 2. The van der Waals surface area contributed by atoms with E-state index in [1.807, 2.05) is 0 Å². The van der Waals surface area contributed by atoms with E-state index in [2.05, 4.69) is 25.7 Å². The van der Waals surface area contributed by atoms with E-state index in [9.17, 15) is 4.79 Å². The molecule has 3 nitrogen and oxygen atoms in total. The molecule has 0 saturated carbocycles. The van der Waals surface area contributed by atoms with E-state index in [0.29, 0.717) is 0 Å². The highest BCUT2D eigenvalue weighted by Crippen LogP contribution is 2.25. The van der Waals surface area contributed by atoms with Gasteiger partial charge < -0.3 is 5.73 Å². The lowest BCUT2D eigenvalue weighted by Gasteiger charge is -2.35. The minimum absolute atomic E-state index is 0. The Morgan fingerprint density at radius 3 is 2.31 bits per heavy atom. The molecule has 0 aromatic rings. The van der Waals surface area contributed by atoms with Gasteiger partial charge in [-0.05, 0) is 40.2 Å². The third kappa shape index (κ3) is 2.85. The molecule has 0 aromatic heterocycles. The maximum Gasteiger partial charge on any atom is 0.234 e. The summed E-state index contributed by atoms with van der Waals surface area (Å²) in [4.78, 5) is 13.2. The highest BCUT2D eigenvalue weighted by molar-refractivity contribution is 5.85. The Morgan fingerprint density at radius 1 is 1.46 bits per heavy atom. The van der Waals surface area contributed by atoms with Crippen molar-refractivity contribution in [3.8, 4) is 0 Å². The number of nitrogens with zero attached hydrogens (tertiary/aromatic N) is 1. The number of amides is 1. The predicted molar refractivity (Wildman–Crippen MR) is 55.9 cm³/mol. The molecule has 0 aromatic carbocycles. The number of likely N-dealkylation sites (tertiary alicyclic amines) is 1. The Morgan fingerprint density at radius 2 is 2.00 bits per heavy atom. The molecule has 4 heteroatoms. The summed E-state index contributed by atoms with van der Waals surface area (Å²) in [6, 6.07) is -0.0370. The summed E-state index contributed by atoms with van der Waals surface area (Å²) in [5, 5.41) is 0. The fourth-order valence-corrected chi connectivity index (χ4v) is 1.87. The lowest BCUT2D eigenvalue weighted by molar-refractivity contribution is -0.123. The summed E-state index contributed by atoms with van der Waals surface area (Å²) < 4.78 is 0. The molecule has 13 heavy (non-hydrogen) atoms. The van der Waals surface area contributed by atoms with Crippen molar-refractivity contribution in [1.29, 1.82) is 0 Å². The molecule has 0 spiro atoms. The second-order valence-corrected chi connectivity index (χ2v) is 4.42. The van der Waals surface area contributed by atoms with Gasteiger partial charge in [-0.2, -0.15) is 0 Å². The molecule has 1 amide bonds. The molecule has 1 heterocycles. The molecular formula is C9H19ClN2O. The Balaban J connectivity index is 0.00000144. The van der Waals surface area contributed by atoms with Gasteiger partial charge in [-0.15, -0.1) is 12.4 Å². The van der Waals surface area contributed by atoms with E-state index in [1.54, 1.807) is 0 Å². The molecule has 1 fully saturated rings. The summed E-state index contributed by atoms with van der Waals surface area (Å²) in [6.45, 7) is 7.36. The molecular weight excluding hydrogens is 188 g/mol. The van der Waals surface area contributed by atoms with E-state index >= 15 is 0 Å². The van der Waals surface area contributed by atoms with Crippen LogP contribution < -0.4 is 5.73 Å². The van der Waals surface area contributed by atoms with Crippen LogP contribution in [0.1, 0.15) is 33.6 Å². The van der Waals surface area contributed by atoms with Crippen molar-refractivity contribution in [1.82, 2.24) is 4.90 Å². The lowest BCUT2D eigenvalue weighted by atomic mass is 10.0. The van der Waals surface area contributed by atoms with Gasteiger partial charge in [0.15, 0.2) is 0 Å². The van der Waals surface area contributed by atoms with Crippen LogP contribution in [0.25, 0.3) is 0 Å². The van der Waals surface area contributed by atoms with Gasteiger partial charge in [-0.1, -0.05) is 0 Å². The molecule has 1 saturated heterocycles. The Kier molecular flexibility index (Phi) is 4.20. The van der Waals surface area contributed by atoms with Crippen LogP contribution in [0.2, 0.25) is 0 Å². The van der Waals surface area contributed by atoms with Crippen LogP contribution in [-0.2, 0) is 4.79 Å². The molecule has 1 rings (SSSR count). The predicted octanol–water partition coefficient (Wildman–Crippen LogP) is 1.16. The van der Waals surface area contributed by atoms with Gasteiger partial charge in [0.2, 0.25) is 5.91 Å². The maximum absolute atomic E-state index is 11.0.